The van der Waals surface area contributed by atoms with Gasteiger partial charge >= 0.3 is 0 Å². The van der Waals surface area contributed by atoms with Crippen molar-refractivity contribution in [2.45, 2.75) is 46.1 Å². The van der Waals surface area contributed by atoms with E-state index < -0.39 is 0 Å². The highest BCUT2D eigenvalue weighted by molar-refractivity contribution is 7.13. The summed E-state index contributed by atoms with van der Waals surface area (Å²) < 4.78 is 0. The highest BCUT2D eigenvalue weighted by atomic mass is 32.1. The van der Waals surface area contributed by atoms with Crippen molar-refractivity contribution in [2.24, 2.45) is 0 Å². The molecule has 1 fully saturated rings. The highest BCUT2D eigenvalue weighted by Crippen LogP contribution is 2.20. The molecule has 6 heteroatoms. The van der Waals surface area contributed by atoms with Gasteiger partial charge in [0.25, 0.3) is 5.91 Å². The molecule has 3 rings (SSSR count). The number of pyridine rings is 1. The molecule has 1 amide bonds. The molecule has 128 valence electrons. The van der Waals surface area contributed by atoms with E-state index in [-0.39, 0.29) is 5.91 Å². The zero-order valence-electron chi connectivity index (χ0n) is 14.3. The van der Waals surface area contributed by atoms with E-state index in [9.17, 15) is 4.79 Å². The standard InChI is InChI=1S/C18H24N4OS/c1-3-6-16-21-13(2)17(24-16)18(23)20-12-14-7-8-19-15(11-14)22-9-4-5-10-22/h7-8,11H,3-6,9-10,12H2,1-2H3,(H,20,23). The Labute approximate surface area is 147 Å². The fraction of sp³-hybridized carbons (Fsp3) is 0.500. The van der Waals surface area contributed by atoms with Gasteiger partial charge in [-0.2, -0.15) is 0 Å². The molecular formula is C18H24N4OS. The third kappa shape index (κ3) is 3.93. The Hall–Kier alpha value is -1.95. The van der Waals surface area contributed by atoms with Crippen molar-refractivity contribution in [3.63, 3.8) is 0 Å². The number of nitrogens with one attached hydrogen (secondary N) is 1. The molecule has 3 heterocycles. The van der Waals surface area contributed by atoms with Crippen molar-refractivity contribution in [3.05, 3.63) is 39.5 Å². The minimum absolute atomic E-state index is 0.0353. The van der Waals surface area contributed by atoms with E-state index in [1.54, 1.807) is 0 Å². The third-order valence-electron chi connectivity index (χ3n) is 4.20. The molecule has 0 radical (unpaired) electrons. The van der Waals surface area contributed by atoms with E-state index in [0.29, 0.717) is 6.54 Å². The molecule has 1 aliphatic rings. The van der Waals surface area contributed by atoms with Gasteiger partial charge in [0.2, 0.25) is 0 Å². The van der Waals surface area contributed by atoms with Gasteiger partial charge in [-0.25, -0.2) is 9.97 Å². The summed E-state index contributed by atoms with van der Waals surface area (Å²) in [6.07, 6.45) is 6.26. The number of hydrogen-bond donors (Lipinski definition) is 1. The monoisotopic (exact) mass is 344 g/mol. The minimum atomic E-state index is -0.0353. The molecule has 1 saturated heterocycles. The van der Waals surface area contributed by atoms with Crippen molar-refractivity contribution in [1.82, 2.24) is 15.3 Å². The molecule has 0 atom stereocenters. The largest absolute Gasteiger partial charge is 0.357 e. The van der Waals surface area contributed by atoms with Crippen LogP contribution in [0.2, 0.25) is 0 Å². The average Bonchev–Trinajstić information content (AvgIpc) is 3.23. The molecular weight excluding hydrogens is 320 g/mol. The van der Waals surface area contributed by atoms with Crippen LogP contribution in [0.15, 0.2) is 18.3 Å². The lowest BCUT2D eigenvalue weighted by Gasteiger charge is -2.16. The number of carbonyl (C=O) groups is 1. The molecule has 24 heavy (non-hydrogen) atoms. The SMILES string of the molecule is CCCc1nc(C)c(C(=O)NCc2ccnc(N3CCCC3)c2)s1. The average molecular weight is 344 g/mol. The first-order valence-corrected chi connectivity index (χ1v) is 9.43. The van der Waals surface area contributed by atoms with Crippen LogP contribution in [0.4, 0.5) is 5.82 Å². The first-order chi connectivity index (χ1) is 11.7. The number of carbonyl (C=O) groups excluding carboxylic acids is 1. The van der Waals surface area contributed by atoms with E-state index in [0.717, 1.165) is 52.9 Å². The Balaban J connectivity index is 1.63. The Morgan fingerprint density at radius 3 is 2.92 bits per heavy atom. The topological polar surface area (TPSA) is 58.1 Å². The second-order valence-electron chi connectivity index (χ2n) is 6.17. The van der Waals surface area contributed by atoms with Gasteiger partial charge in [-0.05, 0) is 50.3 Å². The minimum Gasteiger partial charge on any atom is -0.357 e. The Morgan fingerprint density at radius 1 is 1.38 bits per heavy atom. The maximum absolute atomic E-state index is 12.4. The number of aryl methyl sites for hydroxylation is 2. The Morgan fingerprint density at radius 2 is 2.17 bits per heavy atom. The van der Waals surface area contributed by atoms with Gasteiger partial charge in [0.05, 0.1) is 10.7 Å². The van der Waals surface area contributed by atoms with Gasteiger partial charge in [-0.3, -0.25) is 4.79 Å². The summed E-state index contributed by atoms with van der Waals surface area (Å²) in [7, 11) is 0. The quantitative estimate of drug-likeness (QED) is 0.873. The van der Waals surface area contributed by atoms with Gasteiger partial charge in [0, 0.05) is 25.8 Å². The second-order valence-corrected chi connectivity index (χ2v) is 7.25. The van der Waals surface area contributed by atoms with Crippen LogP contribution in [0.1, 0.15) is 52.1 Å². The zero-order chi connectivity index (χ0) is 16.9. The van der Waals surface area contributed by atoms with E-state index in [1.165, 1.54) is 24.2 Å². The molecule has 0 spiro atoms. The lowest BCUT2D eigenvalue weighted by Crippen LogP contribution is -2.23. The van der Waals surface area contributed by atoms with Crippen molar-refractivity contribution in [2.75, 3.05) is 18.0 Å². The maximum atomic E-state index is 12.4. The molecule has 0 bridgehead atoms. The van der Waals surface area contributed by atoms with Crippen molar-refractivity contribution in [3.8, 4) is 0 Å². The predicted octanol–water partition coefficient (Wildman–Crippen LogP) is 3.33. The molecule has 0 saturated carbocycles. The van der Waals surface area contributed by atoms with Gasteiger partial charge in [0.15, 0.2) is 0 Å². The molecule has 0 unspecified atom stereocenters. The number of nitrogens with zero attached hydrogens (tertiary/aromatic N) is 3. The summed E-state index contributed by atoms with van der Waals surface area (Å²) in [5.41, 5.74) is 1.91. The van der Waals surface area contributed by atoms with Crippen LogP contribution in [-0.4, -0.2) is 29.0 Å². The summed E-state index contributed by atoms with van der Waals surface area (Å²) >= 11 is 1.51. The number of thiazole rings is 1. The van der Waals surface area contributed by atoms with E-state index >= 15 is 0 Å². The Bertz CT molecular complexity index is 707. The molecule has 2 aromatic heterocycles. The van der Waals surface area contributed by atoms with Crippen LogP contribution < -0.4 is 10.2 Å². The van der Waals surface area contributed by atoms with E-state index in [1.807, 2.05) is 19.2 Å². The van der Waals surface area contributed by atoms with Crippen molar-refractivity contribution in [1.29, 1.82) is 0 Å². The molecule has 0 aromatic carbocycles. The maximum Gasteiger partial charge on any atom is 0.263 e. The fourth-order valence-corrected chi connectivity index (χ4v) is 4.02. The van der Waals surface area contributed by atoms with E-state index in [4.69, 9.17) is 0 Å². The fourth-order valence-electron chi connectivity index (χ4n) is 2.94. The molecule has 2 aromatic rings. The molecule has 0 aliphatic carbocycles. The summed E-state index contributed by atoms with van der Waals surface area (Å²) in [6.45, 7) is 6.69. The van der Waals surface area contributed by atoms with Crippen LogP contribution in [0.25, 0.3) is 0 Å². The normalized spacial score (nSPS) is 14.2. The number of amides is 1. The first-order valence-electron chi connectivity index (χ1n) is 8.61. The summed E-state index contributed by atoms with van der Waals surface area (Å²) in [5, 5.41) is 4.06. The van der Waals surface area contributed by atoms with Crippen LogP contribution >= 0.6 is 11.3 Å². The van der Waals surface area contributed by atoms with Crippen molar-refractivity contribution >= 4 is 23.1 Å². The van der Waals surface area contributed by atoms with Crippen molar-refractivity contribution < 1.29 is 4.79 Å². The molecule has 1 aliphatic heterocycles. The number of hydrogen-bond acceptors (Lipinski definition) is 5. The van der Waals surface area contributed by atoms with Gasteiger partial charge < -0.3 is 10.2 Å². The first kappa shape index (κ1) is 16.9. The van der Waals surface area contributed by atoms with Gasteiger partial charge in [-0.1, -0.05) is 6.92 Å². The second kappa shape index (κ2) is 7.75. The lowest BCUT2D eigenvalue weighted by molar-refractivity contribution is 0.0954. The number of anilines is 1. The summed E-state index contributed by atoms with van der Waals surface area (Å²) in [6, 6.07) is 4.04. The number of aromatic nitrogens is 2. The lowest BCUT2D eigenvalue weighted by atomic mass is 10.2. The summed E-state index contributed by atoms with van der Waals surface area (Å²) in [4.78, 5) is 24.4. The molecule has 1 N–H and O–H groups in total. The van der Waals surface area contributed by atoms with Crippen LogP contribution in [-0.2, 0) is 13.0 Å². The third-order valence-corrected chi connectivity index (χ3v) is 5.42. The van der Waals surface area contributed by atoms with E-state index in [2.05, 4.69) is 33.2 Å². The van der Waals surface area contributed by atoms with Gasteiger partial charge in [-0.15, -0.1) is 11.3 Å². The predicted molar refractivity (Wildman–Crippen MR) is 97.7 cm³/mol. The molecule has 5 nitrogen and oxygen atoms in total. The van der Waals surface area contributed by atoms with Crippen LogP contribution in [0.5, 0.6) is 0 Å². The smallest absolute Gasteiger partial charge is 0.263 e. The van der Waals surface area contributed by atoms with Gasteiger partial charge in [0.1, 0.15) is 10.7 Å². The number of rotatable bonds is 6. The van der Waals surface area contributed by atoms with Crippen LogP contribution in [0, 0.1) is 6.92 Å². The summed E-state index contributed by atoms with van der Waals surface area (Å²) in [5.74, 6) is 0.977. The van der Waals surface area contributed by atoms with Crippen LogP contribution in [0.3, 0.4) is 0 Å². The Kier molecular flexibility index (Phi) is 5.45. The highest BCUT2D eigenvalue weighted by Gasteiger charge is 2.16. The zero-order valence-corrected chi connectivity index (χ0v) is 15.2.